The first kappa shape index (κ1) is 19.9. The summed E-state index contributed by atoms with van der Waals surface area (Å²) in [6, 6.07) is 50.2. The molecule has 5 aromatic carbocycles. The van der Waals surface area contributed by atoms with Gasteiger partial charge in [0.1, 0.15) is 0 Å². The molecule has 6 aromatic rings. The summed E-state index contributed by atoms with van der Waals surface area (Å²) in [6.07, 6.45) is 0. The van der Waals surface area contributed by atoms with Crippen molar-refractivity contribution < 1.29 is 0 Å². The number of hydrogen-bond acceptors (Lipinski definition) is 1. The van der Waals surface area contributed by atoms with Gasteiger partial charge in [0, 0.05) is 10.9 Å². The van der Waals surface area contributed by atoms with Crippen LogP contribution in [0.25, 0.3) is 33.3 Å². The van der Waals surface area contributed by atoms with Crippen LogP contribution in [0.4, 0.5) is 0 Å². The van der Waals surface area contributed by atoms with Crippen LogP contribution in [0, 0.1) is 0 Å². The number of fused-ring (bicyclic) bond motifs is 4. The fourth-order valence-electron chi connectivity index (χ4n) is 5.83. The van der Waals surface area contributed by atoms with Gasteiger partial charge in [-0.2, -0.15) is 0 Å². The molecule has 0 fully saturated rings. The van der Waals surface area contributed by atoms with Crippen LogP contribution in [0.3, 0.4) is 0 Å². The Morgan fingerprint density at radius 2 is 1.09 bits per heavy atom. The van der Waals surface area contributed by atoms with Crippen LogP contribution < -0.4 is 0 Å². The van der Waals surface area contributed by atoms with Gasteiger partial charge in [-0.1, -0.05) is 121 Å². The first-order chi connectivity index (χ1) is 17.4. The molecule has 0 N–H and O–H groups in total. The predicted molar refractivity (Wildman–Crippen MR) is 144 cm³/mol. The molecule has 0 radical (unpaired) electrons. The second-order valence-electron chi connectivity index (χ2n) is 9.18. The average molecular weight is 446 g/mol. The molecule has 7 rings (SSSR count). The van der Waals surface area contributed by atoms with Gasteiger partial charge in [0.25, 0.3) is 0 Å². The van der Waals surface area contributed by atoms with Gasteiger partial charge in [0.15, 0.2) is 0 Å². The largest absolute Gasteiger partial charge is 0.248 e. The van der Waals surface area contributed by atoms with Crippen LogP contribution in [-0.4, -0.2) is 4.98 Å². The first-order valence-electron chi connectivity index (χ1n) is 12.1. The third-order valence-corrected chi connectivity index (χ3v) is 7.35. The van der Waals surface area contributed by atoms with E-state index in [4.69, 9.17) is 4.98 Å². The Morgan fingerprint density at radius 3 is 1.86 bits per heavy atom. The zero-order valence-electron chi connectivity index (χ0n) is 19.2. The van der Waals surface area contributed by atoms with Gasteiger partial charge in [-0.05, 0) is 51.6 Å². The summed E-state index contributed by atoms with van der Waals surface area (Å²) in [5, 5.41) is 1.16. The minimum absolute atomic E-state index is 0.388. The summed E-state index contributed by atoms with van der Waals surface area (Å²) in [5.74, 6) is 0. The summed E-state index contributed by atoms with van der Waals surface area (Å²) in [7, 11) is 0. The lowest BCUT2D eigenvalue weighted by Crippen LogP contribution is -2.28. The molecule has 0 saturated heterocycles. The highest BCUT2D eigenvalue weighted by Crippen LogP contribution is 2.56. The highest BCUT2D eigenvalue weighted by molar-refractivity contribution is 5.89. The van der Waals surface area contributed by atoms with E-state index in [1.807, 2.05) is 6.07 Å². The van der Waals surface area contributed by atoms with Crippen LogP contribution in [0.2, 0.25) is 0 Å². The topological polar surface area (TPSA) is 12.9 Å². The van der Waals surface area contributed by atoms with Gasteiger partial charge in [-0.3, -0.25) is 0 Å². The standard InChI is InChI=1S/C34H23N/c1-3-12-26(13-4-1)34(27-14-5-2-6-15-27)30-17-9-8-16-28(30)29-21-19-25(23-31(29)34)33-22-20-24-11-7-10-18-32(24)35-33/h1-23H. The van der Waals surface area contributed by atoms with Gasteiger partial charge in [0.2, 0.25) is 0 Å². The van der Waals surface area contributed by atoms with Crippen molar-refractivity contribution in [2.24, 2.45) is 0 Å². The average Bonchev–Trinajstić information content (AvgIpc) is 3.24. The van der Waals surface area contributed by atoms with Gasteiger partial charge in [-0.15, -0.1) is 0 Å². The van der Waals surface area contributed by atoms with E-state index in [1.165, 1.54) is 33.4 Å². The molecule has 0 unspecified atom stereocenters. The molecule has 1 aromatic heterocycles. The lowest BCUT2D eigenvalue weighted by molar-refractivity contribution is 0.768. The Morgan fingerprint density at radius 1 is 0.457 bits per heavy atom. The fraction of sp³-hybridized carbons (Fsp3) is 0.0294. The number of nitrogens with zero attached hydrogens (tertiary/aromatic N) is 1. The second kappa shape index (κ2) is 7.78. The van der Waals surface area contributed by atoms with Crippen molar-refractivity contribution in [2.45, 2.75) is 5.41 Å². The summed E-state index contributed by atoms with van der Waals surface area (Å²) in [5.41, 5.74) is 10.6. The molecule has 0 aliphatic heterocycles. The monoisotopic (exact) mass is 445 g/mol. The van der Waals surface area contributed by atoms with Crippen LogP contribution in [0.1, 0.15) is 22.3 Å². The molecule has 0 amide bonds. The smallest absolute Gasteiger partial charge is 0.0713 e. The van der Waals surface area contributed by atoms with Crippen molar-refractivity contribution in [3.8, 4) is 22.4 Å². The Bertz CT molecular complexity index is 1640. The number of aromatic nitrogens is 1. The van der Waals surface area contributed by atoms with Crippen LogP contribution in [0.5, 0.6) is 0 Å². The summed E-state index contributed by atoms with van der Waals surface area (Å²) >= 11 is 0. The molecule has 35 heavy (non-hydrogen) atoms. The number of pyridine rings is 1. The molecule has 1 nitrogen and oxygen atoms in total. The maximum absolute atomic E-state index is 5.01. The first-order valence-corrected chi connectivity index (χ1v) is 12.1. The van der Waals surface area contributed by atoms with Crippen molar-refractivity contribution >= 4 is 10.9 Å². The Hall–Kier alpha value is -4.49. The van der Waals surface area contributed by atoms with Gasteiger partial charge in [0.05, 0.1) is 16.6 Å². The van der Waals surface area contributed by atoms with Gasteiger partial charge >= 0.3 is 0 Å². The van der Waals surface area contributed by atoms with E-state index in [0.29, 0.717) is 0 Å². The molecule has 164 valence electrons. The molecular formula is C34H23N. The molecule has 1 aliphatic carbocycles. The van der Waals surface area contributed by atoms with E-state index in [2.05, 4.69) is 133 Å². The van der Waals surface area contributed by atoms with Gasteiger partial charge in [-0.25, -0.2) is 4.98 Å². The number of para-hydroxylation sites is 1. The molecule has 1 heteroatoms. The van der Waals surface area contributed by atoms with E-state index in [1.54, 1.807) is 0 Å². The minimum atomic E-state index is -0.388. The van der Waals surface area contributed by atoms with E-state index < -0.39 is 0 Å². The lowest BCUT2D eigenvalue weighted by atomic mass is 9.67. The van der Waals surface area contributed by atoms with E-state index in [0.717, 1.165) is 22.2 Å². The zero-order chi connectivity index (χ0) is 23.2. The molecular weight excluding hydrogens is 422 g/mol. The maximum Gasteiger partial charge on any atom is 0.0713 e. The van der Waals surface area contributed by atoms with Crippen LogP contribution >= 0.6 is 0 Å². The van der Waals surface area contributed by atoms with Crippen molar-refractivity contribution in [2.75, 3.05) is 0 Å². The number of benzene rings is 5. The predicted octanol–water partition coefficient (Wildman–Crippen LogP) is 8.26. The highest BCUT2D eigenvalue weighted by atomic mass is 14.7. The van der Waals surface area contributed by atoms with Crippen molar-refractivity contribution in [1.29, 1.82) is 0 Å². The second-order valence-corrected chi connectivity index (χ2v) is 9.18. The Kier molecular flexibility index (Phi) is 4.43. The van der Waals surface area contributed by atoms with E-state index in [9.17, 15) is 0 Å². The maximum atomic E-state index is 5.01. The highest BCUT2D eigenvalue weighted by Gasteiger charge is 2.46. The fourth-order valence-corrected chi connectivity index (χ4v) is 5.83. The van der Waals surface area contributed by atoms with Crippen molar-refractivity contribution in [1.82, 2.24) is 4.98 Å². The summed E-state index contributed by atoms with van der Waals surface area (Å²) < 4.78 is 0. The van der Waals surface area contributed by atoms with Crippen molar-refractivity contribution in [3.05, 3.63) is 162 Å². The van der Waals surface area contributed by atoms with Gasteiger partial charge < -0.3 is 0 Å². The third kappa shape index (κ3) is 2.92. The SMILES string of the molecule is c1ccc(C2(c3ccccc3)c3ccccc3-c3ccc(-c4ccc5ccccc5n4)cc32)cc1. The Balaban J connectivity index is 1.55. The summed E-state index contributed by atoms with van der Waals surface area (Å²) in [4.78, 5) is 5.01. The normalized spacial score (nSPS) is 13.4. The van der Waals surface area contributed by atoms with E-state index >= 15 is 0 Å². The van der Waals surface area contributed by atoms with Crippen molar-refractivity contribution in [3.63, 3.8) is 0 Å². The molecule has 1 heterocycles. The molecule has 0 spiro atoms. The zero-order valence-corrected chi connectivity index (χ0v) is 19.2. The van der Waals surface area contributed by atoms with Crippen LogP contribution in [-0.2, 0) is 5.41 Å². The third-order valence-electron chi connectivity index (χ3n) is 7.35. The quantitative estimate of drug-likeness (QED) is 0.267. The lowest BCUT2D eigenvalue weighted by Gasteiger charge is -2.34. The summed E-state index contributed by atoms with van der Waals surface area (Å²) in [6.45, 7) is 0. The van der Waals surface area contributed by atoms with E-state index in [-0.39, 0.29) is 5.41 Å². The minimum Gasteiger partial charge on any atom is -0.248 e. The molecule has 0 atom stereocenters. The molecule has 0 bridgehead atoms. The number of hydrogen-bond donors (Lipinski definition) is 0. The van der Waals surface area contributed by atoms with Crippen LogP contribution in [0.15, 0.2) is 140 Å². The Labute approximate surface area is 205 Å². The number of rotatable bonds is 3. The molecule has 0 saturated carbocycles. The molecule has 1 aliphatic rings.